The van der Waals surface area contributed by atoms with Crippen LogP contribution in [-0.4, -0.2) is 11.5 Å². The van der Waals surface area contributed by atoms with E-state index in [1.54, 1.807) is 0 Å². The van der Waals surface area contributed by atoms with E-state index in [4.69, 9.17) is 0 Å². The Hall–Kier alpha value is -1.05. The van der Waals surface area contributed by atoms with Crippen LogP contribution in [0.5, 0.6) is 0 Å². The van der Waals surface area contributed by atoms with Crippen molar-refractivity contribution < 1.29 is 0 Å². The van der Waals surface area contributed by atoms with Crippen molar-refractivity contribution >= 4 is 5.69 Å². The van der Waals surface area contributed by atoms with Gasteiger partial charge in [0.1, 0.15) is 0 Å². The summed E-state index contributed by atoms with van der Waals surface area (Å²) in [4.78, 5) is 4.16. The number of aromatic nitrogens is 1. The third kappa shape index (κ3) is 5.74. The van der Waals surface area contributed by atoms with Crippen LogP contribution in [0.4, 0.5) is 5.69 Å². The summed E-state index contributed by atoms with van der Waals surface area (Å²) in [5.41, 5.74) is 2.36. The summed E-state index contributed by atoms with van der Waals surface area (Å²) in [5.74, 6) is 0. The number of aryl methyl sites for hydroxylation is 1. The summed E-state index contributed by atoms with van der Waals surface area (Å²) in [6, 6.07) is 2.14. The van der Waals surface area contributed by atoms with Crippen LogP contribution in [0, 0.1) is 6.92 Å². The number of hydrogen-bond acceptors (Lipinski definition) is 2. The fourth-order valence-corrected chi connectivity index (χ4v) is 1.79. The molecule has 1 N–H and O–H groups in total. The number of hydrogen-bond donors (Lipinski definition) is 1. The lowest BCUT2D eigenvalue weighted by Gasteiger charge is -2.06. The monoisotopic (exact) mass is 220 g/mol. The summed E-state index contributed by atoms with van der Waals surface area (Å²) in [5, 5.41) is 3.41. The first-order chi connectivity index (χ1) is 7.83. The molecule has 0 aliphatic rings. The Labute approximate surface area is 99.5 Å². The van der Waals surface area contributed by atoms with E-state index in [9.17, 15) is 0 Å². The Morgan fingerprint density at radius 3 is 2.56 bits per heavy atom. The molecule has 0 radical (unpaired) electrons. The quantitative estimate of drug-likeness (QED) is 0.665. The molecule has 0 aromatic carbocycles. The zero-order chi connectivity index (χ0) is 11.6. The molecule has 0 spiro atoms. The molecule has 90 valence electrons. The third-order valence-electron chi connectivity index (χ3n) is 2.73. The molecule has 0 amide bonds. The molecule has 0 saturated heterocycles. The van der Waals surface area contributed by atoms with Crippen LogP contribution in [-0.2, 0) is 0 Å². The van der Waals surface area contributed by atoms with Crippen LogP contribution >= 0.6 is 0 Å². The molecule has 0 aliphatic heterocycles. The number of anilines is 1. The lowest BCUT2D eigenvalue weighted by Crippen LogP contribution is -2.01. The van der Waals surface area contributed by atoms with Gasteiger partial charge in [-0.1, -0.05) is 39.0 Å². The summed E-state index contributed by atoms with van der Waals surface area (Å²) in [6.45, 7) is 5.40. The van der Waals surface area contributed by atoms with Gasteiger partial charge in [0.05, 0.1) is 5.69 Å². The van der Waals surface area contributed by atoms with Crippen molar-refractivity contribution in [3.63, 3.8) is 0 Å². The van der Waals surface area contributed by atoms with Gasteiger partial charge < -0.3 is 5.32 Å². The number of unbranched alkanes of at least 4 members (excludes halogenated alkanes) is 5. The second-order valence-corrected chi connectivity index (χ2v) is 4.45. The first-order valence-corrected chi connectivity index (χ1v) is 6.48. The first kappa shape index (κ1) is 13.0. The maximum Gasteiger partial charge on any atom is 0.0529 e. The van der Waals surface area contributed by atoms with Gasteiger partial charge in [-0.3, -0.25) is 4.98 Å². The molecule has 1 heterocycles. The van der Waals surface area contributed by atoms with E-state index < -0.39 is 0 Å². The highest BCUT2D eigenvalue weighted by Crippen LogP contribution is 2.08. The minimum absolute atomic E-state index is 1.07. The van der Waals surface area contributed by atoms with E-state index in [0.717, 1.165) is 12.2 Å². The fourth-order valence-electron chi connectivity index (χ4n) is 1.79. The van der Waals surface area contributed by atoms with E-state index in [1.165, 1.54) is 44.1 Å². The molecule has 2 nitrogen and oxygen atoms in total. The average molecular weight is 220 g/mol. The second-order valence-electron chi connectivity index (χ2n) is 4.45. The zero-order valence-electron chi connectivity index (χ0n) is 10.6. The summed E-state index contributed by atoms with van der Waals surface area (Å²) in [6.07, 6.45) is 11.9. The van der Waals surface area contributed by atoms with Gasteiger partial charge in [0.15, 0.2) is 0 Å². The van der Waals surface area contributed by atoms with Gasteiger partial charge in [0.2, 0.25) is 0 Å². The molecule has 2 heteroatoms. The maximum absolute atomic E-state index is 4.16. The van der Waals surface area contributed by atoms with Crippen molar-refractivity contribution in [3.05, 3.63) is 24.0 Å². The van der Waals surface area contributed by atoms with E-state index in [-0.39, 0.29) is 0 Å². The minimum atomic E-state index is 1.07. The van der Waals surface area contributed by atoms with E-state index in [1.807, 2.05) is 12.4 Å². The number of nitrogens with one attached hydrogen (secondary N) is 1. The van der Waals surface area contributed by atoms with Gasteiger partial charge in [0, 0.05) is 18.9 Å². The molecule has 0 fully saturated rings. The Morgan fingerprint density at radius 1 is 1.06 bits per heavy atom. The van der Waals surface area contributed by atoms with Gasteiger partial charge in [-0.2, -0.15) is 0 Å². The van der Waals surface area contributed by atoms with Crippen LogP contribution in [0.25, 0.3) is 0 Å². The van der Waals surface area contributed by atoms with Gasteiger partial charge in [-0.15, -0.1) is 0 Å². The van der Waals surface area contributed by atoms with E-state index in [0.29, 0.717) is 0 Å². The van der Waals surface area contributed by atoms with Crippen LogP contribution in [0.1, 0.15) is 51.0 Å². The van der Waals surface area contributed by atoms with E-state index >= 15 is 0 Å². The smallest absolute Gasteiger partial charge is 0.0529 e. The Balaban J connectivity index is 2.03. The average Bonchev–Trinajstić information content (AvgIpc) is 2.28. The molecular formula is C14H24N2. The van der Waals surface area contributed by atoms with E-state index in [2.05, 4.69) is 30.2 Å². The molecule has 1 aromatic rings. The summed E-state index contributed by atoms with van der Waals surface area (Å²) < 4.78 is 0. The molecule has 1 rings (SSSR count). The van der Waals surface area contributed by atoms with Crippen LogP contribution in [0.2, 0.25) is 0 Å². The molecular weight excluding hydrogens is 196 g/mol. The topological polar surface area (TPSA) is 24.9 Å². The van der Waals surface area contributed by atoms with Crippen LogP contribution in [0.3, 0.4) is 0 Å². The highest BCUT2D eigenvalue weighted by molar-refractivity contribution is 5.42. The molecule has 1 aromatic heterocycles. The van der Waals surface area contributed by atoms with Crippen molar-refractivity contribution in [1.82, 2.24) is 4.98 Å². The largest absolute Gasteiger partial charge is 0.384 e. The predicted molar refractivity (Wildman–Crippen MR) is 70.8 cm³/mol. The third-order valence-corrected chi connectivity index (χ3v) is 2.73. The molecule has 0 unspecified atom stereocenters. The molecule has 0 aliphatic carbocycles. The van der Waals surface area contributed by atoms with Gasteiger partial charge in [-0.25, -0.2) is 0 Å². The molecule has 0 bridgehead atoms. The Bertz CT molecular complexity index is 284. The van der Waals surface area contributed by atoms with Crippen molar-refractivity contribution in [3.8, 4) is 0 Å². The normalized spacial score (nSPS) is 10.4. The number of rotatable bonds is 8. The highest BCUT2D eigenvalue weighted by Gasteiger charge is 1.93. The van der Waals surface area contributed by atoms with Gasteiger partial charge >= 0.3 is 0 Å². The fraction of sp³-hybridized carbons (Fsp3) is 0.643. The molecule has 16 heavy (non-hydrogen) atoms. The number of pyridine rings is 1. The Kier molecular flexibility index (Phi) is 6.62. The van der Waals surface area contributed by atoms with Crippen molar-refractivity contribution in [2.75, 3.05) is 11.9 Å². The Morgan fingerprint density at radius 2 is 1.81 bits per heavy atom. The standard InChI is InChI=1S/C14H24N2/c1-3-4-5-6-7-8-9-16-14-10-13(2)11-15-12-14/h10-12,16H,3-9H2,1-2H3. The second kappa shape index (κ2) is 8.14. The summed E-state index contributed by atoms with van der Waals surface area (Å²) in [7, 11) is 0. The highest BCUT2D eigenvalue weighted by atomic mass is 14.9. The molecule has 0 atom stereocenters. The van der Waals surface area contributed by atoms with Gasteiger partial charge in [-0.05, 0) is 25.0 Å². The minimum Gasteiger partial charge on any atom is -0.384 e. The number of nitrogens with zero attached hydrogens (tertiary/aromatic N) is 1. The lowest BCUT2D eigenvalue weighted by atomic mass is 10.1. The lowest BCUT2D eigenvalue weighted by molar-refractivity contribution is 0.617. The van der Waals surface area contributed by atoms with Crippen molar-refractivity contribution in [1.29, 1.82) is 0 Å². The van der Waals surface area contributed by atoms with Crippen LogP contribution in [0.15, 0.2) is 18.5 Å². The van der Waals surface area contributed by atoms with Crippen LogP contribution < -0.4 is 5.32 Å². The predicted octanol–water partition coefficient (Wildman–Crippen LogP) is 4.16. The van der Waals surface area contributed by atoms with Crippen molar-refractivity contribution in [2.24, 2.45) is 0 Å². The zero-order valence-corrected chi connectivity index (χ0v) is 10.6. The van der Waals surface area contributed by atoms with Gasteiger partial charge in [0.25, 0.3) is 0 Å². The maximum atomic E-state index is 4.16. The first-order valence-electron chi connectivity index (χ1n) is 6.48. The molecule has 0 saturated carbocycles. The summed E-state index contributed by atoms with van der Waals surface area (Å²) >= 11 is 0. The van der Waals surface area contributed by atoms with Crippen molar-refractivity contribution in [2.45, 2.75) is 52.4 Å². The SMILES string of the molecule is CCCCCCCCNc1cncc(C)c1.